The Morgan fingerprint density at radius 2 is 1.07 bits per heavy atom. The molecule has 0 spiro atoms. The number of para-hydroxylation sites is 2. The highest BCUT2D eigenvalue weighted by atomic mass is 15.0. The van der Waals surface area contributed by atoms with Crippen molar-refractivity contribution < 1.29 is 0 Å². The number of aromatic nitrogens is 3. The van der Waals surface area contributed by atoms with Gasteiger partial charge in [0.2, 0.25) is 0 Å². The first-order chi connectivity index (χ1) is 27.8. The number of allylic oxidation sites excluding steroid dienone is 4. The average Bonchev–Trinajstić information content (AvgIpc) is 3.77. The molecule has 3 nitrogen and oxygen atoms in total. The number of rotatable bonds is 8. The highest BCUT2D eigenvalue weighted by molar-refractivity contribution is 6.10. The summed E-state index contributed by atoms with van der Waals surface area (Å²) in [5.41, 5.74) is 14.1. The van der Waals surface area contributed by atoms with Gasteiger partial charge in [-0.15, -0.1) is 0 Å². The van der Waals surface area contributed by atoms with Crippen molar-refractivity contribution >= 4 is 27.5 Å². The minimum Gasteiger partial charge on any atom is -0.310 e. The second-order valence-corrected chi connectivity index (χ2v) is 14.4. The van der Waals surface area contributed by atoms with Gasteiger partial charge in [-0.3, -0.25) is 0 Å². The standard InChI is InChI=1S/C53H39N3/c1-2-42(56-47-31-16-13-27-43(47)44-28-14-17-32-48(44)56)26-18-19-37-33-35-39(36-34-37)52-54-50(38-20-6-3-7-21-38)49-51(55-52)45-29-12-15-30-46(45)53(49,40-22-8-4-9-23-40)41-24-10-5-11-25-41/h2-18,20-36H,19H2,1H3/b26-18-,42-2+. The molecular formula is C53H39N3. The molecule has 2 heterocycles. The van der Waals surface area contributed by atoms with Gasteiger partial charge in [-0.25, -0.2) is 9.97 Å². The maximum Gasteiger partial charge on any atom is 0.160 e. The lowest BCUT2D eigenvalue weighted by atomic mass is 9.67. The first kappa shape index (κ1) is 33.5. The molecule has 0 radical (unpaired) electrons. The molecule has 9 aromatic rings. The SMILES string of the molecule is C/C=C(\C=C/Cc1ccc(-c2nc(-c3ccccc3)c3c(n2)-c2ccccc2C3(c2ccccc2)c2ccccc2)cc1)n1c2ccccc2c2ccccc21. The van der Waals surface area contributed by atoms with E-state index < -0.39 is 5.41 Å². The van der Waals surface area contributed by atoms with E-state index >= 15 is 0 Å². The molecule has 0 saturated carbocycles. The summed E-state index contributed by atoms with van der Waals surface area (Å²) in [4.78, 5) is 10.9. The minimum atomic E-state index is -0.598. The number of hydrogen-bond acceptors (Lipinski definition) is 2. The van der Waals surface area contributed by atoms with Gasteiger partial charge in [0, 0.05) is 38.7 Å². The summed E-state index contributed by atoms with van der Waals surface area (Å²) < 4.78 is 2.36. The maximum atomic E-state index is 5.48. The number of nitrogens with zero attached hydrogens (tertiary/aromatic N) is 3. The summed E-state index contributed by atoms with van der Waals surface area (Å²) in [5.74, 6) is 0.721. The molecule has 0 saturated heterocycles. The van der Waals surface area contributed by atoms with Crippen molar-refractivity contribution in [1.82, 2.24) is 14.5 Å². The molecule has 56 heavy (non-hydrogen) atoms. The van der Waals surface area contributed by atoms with E-state index in [1.165, 1.54) is 44.1 Å². The van der Waals surface area contributed by atoms with Gasteiger partial charge < -0.3 is 4.57 Å². The molecule has 1 aliphatic carbocycles. The fraction of sp³-hybridized carbons (Fsp3) is 0.0566. The normalized spacial score (nSPS) is 13.3. The third kappa shape index (κ3) is 5.35. The Labute approximate surface area is 327 Å². The zero-order valence-electron chi connectivity index (χ0n) is 31.2. The van der Waals surface area contributed by atoms with E-state index in [2.05, 4.69) is 218 Å². The Hall–Kier alpha value is -7.10. The molecule has 1 aliphatic rings. The quantitative estimate of drug-likeness (QED) is 0.147. The molecule has 10 rings (SSSR count). The van der Waals surface area contributed by atoms with Gasteiger partial charge in [-0.05, 0) is 53.8 Å². The van der Waals surface area contributed by atoms with Gasteiger partial charge in [0.15, 0.2) is 5.82 Å². The molecule has 0 amide bonds. The van der Waals surface area contributed by atoms with Crippen LogP contribution in [0.15, 0.2) is 206 Å². The summed E-state index contributed by atoms with van der Waals surface area (Å²) in [6, 6.07) is 67.2. The first-order valence-corrected chi connectivity index (χ1v) is 19.4. The van der Waals surface area contributed by atoms with Crippen LogP contribution in [-0.4, -0.2) is 14.5 Å². The zero-order chi connectivity index (χ0) is 37.5. The van der Waals surface area contributed by atoms with Crippen molar-refractivity contribution in [2.24, 2.45) is 0 Å². The Morgan fingerprint density at radius 3 is 1.70 bits per heavy atom. The van der Waals surface area contributed by atoms with Crippen molar-refractivity contribution in [2.45, 2.75) is 18.8 Å². The second kappa shape index (κ2) is 14.0. The Bertz CT molecular complexity index is 2830. The fourth-order valence-corrected chi connectivity index (χ4v) is 8.85. The van der Waals surface area contributed by atoms with Gasteiger partial charge in [0.25, 0.3) is 0 Å². The lowest BCUT2D eigenvalue weighted by Crippen LogP contribution is -2.29. The van der Waals surface area contributed by atoms with Gasteiger partial charge in [-0.2, -0.15) is 0 Å². The van der Waals surface area contributed by atoms with Crippen LogP contribution in [0.3, 0.4) is 0 Å². The molecule has 0 unspecified atom stereocenters. The molecule has 0 fully saturated rings. The Kier molecular flexibility index (Phi) is 8.34. The van der Waals surface area contributed by atoms with E-state index in [9.17, 15) is 0 Å². The van der Waals surface area contributed by atoms with Crippen LogP contribution in [0, 0.1) is 0 Å². The summed E-state index contributed by atoms with van der Waals surface area (Å²) in [6.45, 7) is 2.11. The predicted octanol–water partition coefficient (Wildman–Crippen LogP) is 12.9. The topological polar surface area (TPSA) is 30.7 Å². The van der Waals surface area contributed by atoms with E-state index in [0.29, 0.717) is 0 Å². The maximum absolute atomic E-state index is 5.48. The molecule has 3 heteroatoms. The van der Waals surface area contributed by atoms with Crippen LogP contribution in [0.1, 0.15) is 34.7 Å². The monoisotopic (exact) mass is 717 g/mol. The van der Waals surface area contributed by atoms with Gasteiger partial charge in [-0.1, -0.05) is 188 Å². The average molecular weight is 718 g/mol. The van der Waals surface area contributed by atoms with Crippen LogP contribution in [0.5, 0.6) is 0 Å². The molecule has 2 aromatic heterocycles. The van der Waals surface area contributed by atoms with Crippen molar-refractivity contribution in [1.29, 1.82) is 0 Å². The van der Waals surface area contributed by atoms with E-state index in [1.54, 1.807) is 0 Å². The van der Waals surface area contributed by atoms with Gasteiger partial charge in [0.05, 0.1) is 27.8 Å². The molecular weight excluding hydrogens is 679 g/mol. The Balaban J connectivity index is 1.06. The third-order valence-corrected chi connectivity index (χ3v) is 11.3. The van der Waals surface area contributed by atoms with Crippen LogP contribution in [-0.2, 0) is 11.8 Å². The molecule has 0 aliphatic heterocycles. The van der Waals surface area contributed by atoms with Crippen LogP contribution >= 0.6 is 0 Å². The first-order valence-electron chi connectivity index (χ1n) is 19.4. The summed E-state index contributed by atoms with van der Waals surface area (Å²) in [7, 11) is 0. The molecule has 7 aromatic carbocycles. The van der Waals surface area contributed by atoms with Crippen molar-refractivity contribution in [3.8, 4) is 33.9 Å². The summed E-state index contributed by atoms with van der Waals surface area (Å²) in [5, 5.41) is 2.54. The molecule has 0 atom stereocenters. The van der Waals surface area contributed by atoms with Crippen LogP contribution in [0.25, 0.3) is 61.4 Å². The lowest BCUT2D eigenvalue weighted by molar-refractivity contribution is 0.763. The highest BCUT2D eigenvalue weighted by Gasteiger charge is 2.49. The van der Waals surface area contributed by atoms with Crippen LogP contribution in [0.4, 0.5) is 0 Å². The second-order valence-electron chi connectivity index (χ2n) is 14.4. The lowest BCUT2D eigenvalue weighted by Gasteiger charge is -2.34. The fourth-order valence-electron chi connectivity index (χ4n) is 8.85. The predicted molar refractivity (Wildman–Crippen MR) is 232 cm³/mol. The highest BCUT2D eigenvalue weighted by Crippen LogP contribution is 2.58. The van der Waals surface area contributed by atoms with E-state index in [0.717, 1.165) is 51.6 Å². The smallest absolute Gasteiger partial charge is 0.160 e. The zero-order valence-corrected chi connectivity index (χ0v) is 31.2. The third-order valence-electron chi connectivity index (χ3n) is 11.3. The minimum absolute atomic E-state index is 0.598. The summed E-state index contributed by atoms with van der Waals surface area (Å²) >= 11 is 0. The molecule has 266 valence electrons. The van der Waals surface area contributed by atoms with Gasteiger partial charge >= 0.3 is 0 Å². The Morgan fingerprint density at radius 1 is 0.536 bits per heavy atom. The molecule has 0 bridgehead atoms. The molecule has 0 N–H and O–H groups in total. The van der Waals surface area contributed by atoms with Crippen molar-refractivity contribution in [3.63, 3.8) is 0 Å². The number of hydrogen-bond donors (Lipinski definition) is 0. The largest absolute Gasteiger partial charge is 0.310 e. The number of fused-ring (bicyclic) bond motifs is 6. The van der Waals surface area contributed by atoms with Crippen LogP contribution < -0.4 is 0 Å². The van der Waals surface area contributed by atoms with Gasteiger partial charge in [0.1, 0.15) is 0 Å². The van der Waals surface area contributed by atoms with Crippen molar-refractivity contribution in [2.75, 3.05) is 0 Å². The van der Waals surface area contributed by atoms with Crippen LogP contribution in [0.2, 0.25) is 0 Å². The van der Waals surface area contributed by atoms with Crippen molar-refractivity contribution in [3.05, 3.63) is 234 Å². The van der Waals surface area contributed by atoms with E-state index in [4.69, 9.17) is 9.97 Å². The number of benzene rings is 7. The summed E-state index contributed by atoms with van der Waals surface area (Å²) in [6.07, 6.45) is 7.50. The van der Waals surface area contributed by atoms with E-state index in [1.807, 2.05) is 0 Å². The van der Waals surface area contributed by atoms with E-state index in [-0.39, 0.29) is 0 Å².